The first-order chi connectivity index (χ1) is 18.6. The van der Waals surface area contributed by atoms with Crippen LogP contribution in [0.2, 0.25) is 5.02 Å². The van der Waals surface area contributed by atoms with E-state index in [1.165, 1.54) is 0 Å². The van der Waals surface area contributed by atoms with Gasteiger partial charge in [0, 0.05) is 35.4 Å². The molecule has 1 aliphatic heterocycles. The van der Waals surface area contributed by atoms with E-state index in [2.05, 4.69) is 6.07 Å². The Kier molecular flexibility index (Phi) is 7.86. The van der Waals surface area contributed by atoms with E-state index in [1.807, 2.05) is 85.1 Å². The fourth-order valence-corrected chi connectivity index (χ4v) is 4.58. The van der Waals surface area contributed by atoms with Gasteiger partial charge in [-0.05, 0) is 79.4 Å². The number of carbonyl (C=O) groups excluding carboxylic acids is 1. The lowest BCUT2D eigenvalue weighted by molar-refractivity contribution is -0.127. The lowest BCUT2D eigenvalue weighted by atomic mass is 10.0. The van der Waals surface area contributed by atoms with E-state index in [0.29, 0.717) is 36.0 Å². The van der Waals surface area contributed by atoms with E-state index in [1.54, 1.807) is 15.7 Å². The largest absolute Gasteiger partial charge is 0.489 e. The molecule has 1 fully saturated rings. The molecule has 3 aromatic carbocycles. The monoisotopic (exact) mass is 522 g/mol. The summed E-state index contributed by atoms with van der Waals surface area (Å²) in [7, 11) is 0. The molecule has 0 saturated carbocycles. The second-order valence-corrected chi connectivity index (χ2v) is 9.61. The van der Waals surface area contributed by atoms with Crippen molar-refractivity contribution in [3.63, 3.8) is 0 Å². The van der Waals surface area contributed by atoms with Crippen LogP contribution in [-0.4, -0.2) is 33.7 Å². The third kappa shape index (κ3) is 5.96. The predicted molar refractivity (Wildman–Crippen MR) is 149 cm³/mol. The fourth-order valence-electron chi connectivity index (χ4n) is 4.45. The highest BCUT2D eigenvalue weighted by Gasteiger charge is 2.21. The smallest absolute Gasteiger partial charge is 0.264 e. The number of benzene rings is 3. The zero-order valence-corrected chi connectivity index (χ0v) is 21.6. The third-order valence-electron chi connectivity index (χ3n) is 6.50. The van der Waals surface area contributed by atoms with Crippen LogP contribution in [0.25, 0.3) is 23.0 Å². The molecule has 38 heavy (non-hydrogen) atoms. The Bertz CT molecular complexity index is 1460. The number of carbonyl (C=O) groups is 1. The summed E-state index contributed by atoms with van der Waals surface area (Å²) in [6.45, 7) is 1.80. The molecule has 0 aliphatic carbocycles. The predicted octanol–water partition coefficient (Wildman–Crippen LogP) is 6.69. The molecule has 0 N–H and O–H groups in total. The molecule has 4 aromatic rings. The van der Waals surface area contributed by atoms with Crippen molar-refractivity contribution in [2.75, 3.05) is 13.1 Å². The van der Waals surface area contributed by atoms with E-state index >= 15 is 0 Å². The van der Waals surface area contributed by atoms with Crippen LogP contribution in [0.1, 0.15) is 30.4 Å². The molecule has 0 atom stereocenters. The van der Waals surface area contributed by atoms with Crippen LogP contribution < -0.4 is 4.74 Å². The van der Waals surface area contributed by atoms with Crippen LogP contribution in [0.5, 0.6) is 5.75 Å². The van der Waals surface area contributed by atoms with E-state index in [0.717, 1.165) is 41.8 Å². The van der Waals surface area contributed by atoms with Crippen molar-refractivity contribution in [1.29, 1.82) is 5.26 Å². The van der Waals surface area contributed by atoms with Crippen LogP contribution >= 0.6 is 11.6 Å². The molecule has 0 spiro atoms. The highest BCUT2D eigenvalue weighted by Crippen LogP contribution is 2.28. The average molecular weight is 523 g/mol. The fraction of sp³-hybridized carbons (Fsp3) is 0.194. The maximum Gasteiger partial charge on any atom is 0.264 e. The van der Waals surface area contributed by atoms with Gasteiger partial charge in [0.15, 0.2) is 0 Å². The van der Waals surface area contributed by atoms with Gasteiger partial charge in [-0.2, -0.15) is 10.4 Å². The van der Waals surface area contributed by atoms with E-state index in [4.69, 9.17) is 21.4 Å². The summed E-state index contributed by atoms with van der Waals surface area (Å²) in [5, 5.41) is 15.4. The number of nitrogens with zero attached hydrogens (tertiary/aromatic N) is 4. The number of rotatable bonds is 7. The zero-order valence-electron chi connectivity index (χ0n) is 20.9. The highest BCUT2D eigenvalue weighted by molar-refractivity contribution is 6.30. The highest BCUT2D eigenvalue weighted by atomic mass is 35.5. The molecule has 0 bridgehead atoms. The molecule has 1 amide bonds. The minimum absolute atomic E-state index is 0.115. The second kappa shape index (κ2) is 11.8. The molecule has 0 radical (unpaired) electrons. The van der Waals surface area contributed by atoms with Crippen LogP contribution in [0, 0.1) is 11.3 Å². The molecule has 7 heteroatoms. The van der Waals surface area contributed by atoms with E-state index in [-0.39, 0.29) is 11.5 Å². The van der Waals surface area contributed by atoms with Crippen molar-refractivity contribution in [2.24, 2.45) is 0 Å². The Morgan fingerprint density at radius 1 is 0.974 bits per heavy atom. The van der Waals surface area contributed by atoms with Gasteiger partial charge in [-0.3, -0.25) is 4.79 Å². The molecular formula is C31H27ClN4O2. The first kappa shape index (κ1) is 25.3. The molecule has 1 saturated heterocycles. The number of hydrogen-bond acceptors (Lipinski definition) is 4. The van der Waals surface area contributed by atoms with Gasteiger partial charge in [-0.25, -0.2) is 4.68 Å². The number of nitriles is 1. The summed E-state index contributed by atoms with van der Waals surface area (Å²) in [4.78, 5) is 14.9. The molecule has 190 valence electrons. The normalized spacial score (nSPS) is 13.7. The van der Waals surface area contributed by atoms with Crippen LogP contribution in [0.3, 0.4) is 0 Å². The van der Waals surface area contributed by atoms with Gasteiger partial charge in [0.05, 0.1) is 11.4 Å². The second-order valence-electron chi connectivity index (χ2n) is 9.18. The number of ether oxygens (including phenoxy) is 1. The standard InChI is InChI=1S/C31H27ClN4O2/c32-27-13-9-23(10-14-27)22-38-29-15-11-24(12-16-29)30-26(21-36(34-30)28-7-3-1-4-8-28)19-25(20-33)31(37)35-17-5-2-6-18-35/h1,3-4,7-16,19,21H,2,5-6,17-18,22H2/b25-19-. The van der Waals surface area contributed by atoms with Crippen molar-refractivity contribution in [3.8, 4) is 28.8 Å². The summed E-state index contributed by atoms with van der Waals surface area (Å²) in [5.74, 6) is 0.498. The summed E-state index contributed by atoms with van der Waals surface area (Å²) < 4.78 is 7.70. The Balaban J connectivity index is 1.44. The van der Waals surface area contributed by atoms with Crippen molar-refractivity contribution in [2.45, 2.75) is 25.9 Å². The number of halogens is 1. The number of hydrogen-bond donors (Lipinski definition) is 0. The molecule has 1 aromatic heterocycles. The Morgan fingerprint density at radius 3 is 2.37 bits per heavy atom. The van der Waals surface area contributed by atoms with E-state index in [9.17, 15) is 10.1 Å². The molecule has 0 unspecified atom stereocenters. The maximum atomic E-state index is 13.1. The molecular weight excluding hydrogens is 496 g/mol. The van der Waals surface area contributed by atoms with Crippen LogP contribution in [0.4, 0.5) is 0 Å². The summed E-state index contributed by atoms with van der Waals surface area (Å²) in [6.07, 6.45) is 6.56. The minimum Gasteiger partial charge on any atom is -0.489 e. The first-order valence-electron chi connectivity index (χ1n) is 12.6. The SMILES string of the molecule is N#C/C(=C/c1cn(-c2ccccc2)nc1-c1ccc(OCc2ccc(Cl)cc2)cc1)C(=O)N1CCCCC1. The van der Waals surface area contributed by atoms with Gasteiger partial charge < -0.3 is 9.64 Å². The van der Waals surface area contributed by atoms with Crippen LogP contribution in [0.15, 0.2) is 90.6 Å². The van der Waals surface area contributed by atoms with Gasteiger partial charge in [0.2, 0.25) is 0 Å². The number of para-hydroxylation sites is 1. The lowest BCUT2D eigenvalue weighted by Gasteiger charge is -2.26. The first-order valence-corrected chi connectivity index (χ1v) is 13.0. The summed E-state index contributed by atoms with van der Waals surface area (Å²) in [5.41, 5.74) is 4.26. The lowest BCUT2D eigenvalue weighted by Crippen LogP contribution is -2.36. The van der Waals surface area contributed by atoms with Crippen molar-refractivity contribution < 1.29 is 9.53 Å². The topological polar surface area (TPSA) is 71.1 Å². The van der Waals surface area contributed by atoms with Gasteiger partial charge in [-0.15, -0.1) is 0 Å². The van der Waals surface area contributed by atoms with Crippen LogP contribution in [-0.2, 0) is 11.4 Å². The molecule has 1 aliphatic rings. The number of piperidine rings is 1. The Hall–Kier alpha value is -4.34. The van der Waals surface area contributed by atoms with Gasteiger partial charge in [-0.1, -0.05) is 41.9 Å². The molecule has 5 rings (SSSR count). The average Bonchev–Trinajstić information content (AvgIpc) is 3.40. The number of likely N-dealkylation sites (tertiary alicyclic amines) is 1. The zero-order chi connectivity index (χ0) is 26.3. The third-order valence-corrected chi connectivity index (χ3v) is 6.76. The number of aromatic nitrogens is 2. The Morgan fingerprint density at radius 2 is 1.68 bits per heavy atom. The van der Waals surface area contributed by atoms with Gasteiger partial charge >= 0.3 is 0 Å². The van der Waals surface area contributed by atoms with Crippen molar-refractivity contribution in [1.82, 2.24) is 14.7 Å². The number of amides is 1. The van der Waals surface area contributed by atoms with E-state index < -0.39 is 0 Å². The summed E-state index contributed by atoms with van der Waals surface area (Å²) >= 11 is 5.96. The quantitative estimate of drug-likeness (QED) is 0.200. The van der Waals surface area contributed by atoms with Gasteiger partial charge in [0.1, 0.15) is 24.0 Å². The maximum absolute atomic E-state index is 13.1. The van der Waals surface area contributed by atoms with Crippen molar-refractivity contribution in [3.05, 3.63) is 107 Å². The molecule has 2 heterocycles. The Labute approximate surface area is 227 Å². The van der Waals surface area contributed by atoms with Crippen molar-refractivity contribution >= 4 is 23.6 Å². The summed E-state index contributed by atoms with van der Waals surface area (Å²) in [6, 6.07) is 27.1. The molecule has 6 nitrogen and oxygen atoms in total. The van der Waals surface area contributed by atoms with Gasteiger partial charge in [0.25, 0.3) is 5.91 Å². The minimum atomic E-state index is -0.225.